The molecule has 0 aliphatic heterocycles. The molecule has 0 fully saturated rings. The van der Waals surface area contributed by atoms with Crippen LogP contribution in [-0.4, -0.2) is 9.97 Å². The van der Waals surface area contributed by atoms with Crippen molar-refractivity contribution in [1.29, 1.82) is 0 Å². The number of hydrogen-bond acceptors (Lipinski definition) is 2. The van der Waals surface area contributed by atoms with E-state index >= 15 is 0 Å². The Morgan fingerprint density at radius 1 is 0.810 bits per heavy atom. The molecular weight excluding hydrogens is 307 g/mol. The van der Waals surface area contributed by atoms with E-state index in [2.05, 4.69) is 9.97 Å². The molecule has 104 valence electrons. The summed E-state index contributed by atoms with van der Waals surface area (Å²) in [7, 11) is 0. The number of nitrogens with zero attached hydrogens (tertiary/aromatic N) is 1. The first kappa shape index (κ1) is 13.9. The molecule has 1 heterocycles. The number of halogens is 2. The molecule has 0 aliphatic rings. The van der Waals surface area contributed by atoms with Gasteiger partial charge in [0, 0.05) is 15.6 Å². The minimum absolute atomic E-state index is 0.396. The Morgan fingerprint density at radius 3 is 1.90 bits per heavy atom. The molecule has 0 bridgehead atoms. The highest BCUT2D eigenvalue weighted by Gasteiger charge is 2.06. The Labute approximate surface area is 131 Å². The first-order valence-electron chi connectivity index (χ1n) is 6.25. The molecule has 0 saturated carbocycles. The monoisotopic (exact) mass is 316 g/mol. The summed E-state index contributed by atoms with van der Waals surface area (Å²) < 4.78 is 0. The van der Waals surface area contributed by atoms with Crippen molar-refractivity contribution in [2.24, 2.45) is 0 Å². The van der Waals surface area contributed by atoms with E-state index in [9.17, 15) is 4.79 Å². The Hall–Kier alpha value is -2.10. The van der Waals surface area contributed by atoms with Gasteiger partial charge in [-0.25, -0.2) is 4.79 Å². The third kappa shape index (κ3) is 3.15. The van der Waals surface area contributed by atoms with Crippen molar-refractivity contribution in [1.82, 2.24) is 9.97 Å². The second-order valence-electron chi connectivity index (χ2n) is 4.50. The lowest BCUT2D eigenvalue weighted by atomic mass is 10.1. The van der Waals surface area contributed by atoms with E-state index in [-0.39, 0.29) is 0 Å². The lowest BCUT2D eigenvalue weighted by Gasteiger charge is -2.05. The fourth-order valence-electron chi connectivity index (χ4n) is 2.01. The first-order chi connectivity index (χ1) is 10.1. The minimum Gasteiger partial charge on any atom is -0.305 e. The van der Waals surface area contributed by atoms with E-state index < -0.39 is 5.69 Å². The average molecular weight is 317 g/mol. The lowest BCUT2D eigenvalue weighted by molar-refractivity contribution is 1.09. The van der Waals surface area contributed by atoms with E-state index in [1.54, 1.807) is 24.3 Å². The molecule has 0 spiro atoms. The summed E-state index contributed by atoms with van der Waals surface area (Å²) >= 11 is 11.7. The summed E-state index contributed by atoms with van der Waals surface area (Å²) in [5, 5.41) is 1.29. The van der Waals surface area contributed by atoms with E-state index in [4.69, 9.17) is 23.2 Å². The topological polar surface area (TPSA) is 45.8 Å². The van der Waals surface area contributed by atoms with Crippen LogP contribution in [-0.2, 0) is 0 Å². The largest absolute Gasteiger partial charge is 0.345 e. The van der Waals surface area contributed by atoms with Gasteiger partial charge in [0.15, 0.2) is 0 Å². The van der Waals surface area contributed by atoms with Crippen molar-refractivity contribution in [2.75, 3.05) is 0 Å². The zero-order valence-electron chi connectivity index (χ0n) is 10.8. The maximum Gasteiger partial charge on any atom is 0.345 e. The molecule has 0 aliphatic carbocycles. The molecule has 0 amide bonds. The van der Waals surface area contributed by atoms with E-state index in [0.29, 0.717) is 21.4 Å². The van der Waals surface area contributed by atoms with Crippen LogP contribution in [0.15, 0.2) is 59.4 Å². The van der Waals surface area contributed by atoms with Gasteiger partial charge in [0.05, 0.1) is 11.4 Å². The molecule has 2 aromatic carbocycles. The van der Waals surface area contributed by atoms with Gasteiger partial charge in [-0.15, -0.1) is 0 Å². The standard InChI is InChI=1S/C16H10Cl2N2O/c17-12-5-1-10(2-6-12)14-9-15(20-16(21)19-14)11-3-7-13(18)8-4-11/h1-9H,(H,19,20,21). The van der Waals surface area contributed by atoms with Crippen LogP contribution in [0.4, 0.5) is 0 Å². The Balaban J connectivity index is 2.10. The molecule has 0 atom stereocenters. The summed E-state index contributed by atoms with van der Waals surface area (Å²) in [6.45, 7) is 0. The lowest BCUT2D eigenvalue weighted by Crippen LogP contribution is -2.11. The second kappa shape index (κ2) is 5.72. The molecule has 0 radical (unpaired) electrons. The molecular formula is C16H10Cl2N2O. The molecule has 3 rings (SSSR count). The fourth-order valence-corrected chi connectivity index (χ4v) is 2.26. The first-order valence-corrected chi connectivity index (χ1v) is 7.01. The Bertz CT molecular complexity index is 757. The number of nitrogens with one attached hydrogen (secondary N) is 1. The van der Waals surface area contributed by atoms with Crippen LogP contribution in [0, 0.1) is 0 Å². The van der Waals surface area contributed by atoms with E-state index in [0.717, 1.165) is 11.1 Å². The molecule has 21 heavy (non-hydrogen) atoms. The summed E-state index contributed by atoms with van der Waals surface area (Å²) in [6.07, 6.45) is 0. The van der Waals surface area contributed by atoms with Crippen LogP contribution in [0.1, 0.15) is 0 Å². The quantitative estimate of drug-likeness (QED) is 0.761. The molecule has 5 heteroatoms. The normalized spacial score (nSPS) is 10.6. The van der Waals surface area contributed by atoms with Gasteiger partial charge in [-0.1, -0.05) is 47.5 Å². The van der Waals surface area contributed by atoms with Crippen molar-refractivity contribution >= 4 is 23.2 Å². The van der Waals surface area contributed by atoms with Gasteiger partial charge in [0.2, 0.25) is 0 Å². The van der Waals surface area contributed by atoms with Gasteiger partial charge in [-0.3, -0.25) is 0 Å². The van der Waals surface area contributed by atoms with Crippen LogP contribution >= 0.6 is 23.2 Å². The Morgan fingerprint density at radius 2 is 1.33 bits per heavy atom. The van der Waals surface area contributed by atoms with Crippen LogP contribution in [0.2, 0.25) is 10.0 Å². The summed E-state index contributed by atoms with van der Waals surface area (Å²) in [6, 6.07) is 16.3. The summed E-state index contributed by atoms with van der Waals surface area (Å²) in [5.74, 6) is 0. The summed E-state index contributed by atoms with van der Waals surface area (Å²) in [4.78, 5) is 18.5. The fraction of sp³-hybridized carbons (Fsp3) is 0. The van der Waals surface area contributed by atoms with Crippen molar-refractivity contribution in [2.45, 2.75) is 0 Å². The number of H-pyrrole nitrogens is 1. The molecule has 0 unspecified atom stereocenters. The predicted molar refractivity (Wildman–Crippen MR) is 85.7 cm³/mol. The highest BCUT2D eigenvalue weighted by atomic mass is 35.5. The van der Waals surface area contributed by atoms with Gasteiger partial charge in [0.25, 0.3) is 0 Å². The SMILES string of the molecule is O=c1nc(-c2ccc(Cl)cc2)cc(-c2ccc(Cl)cc2)[nH]1. The highest BCUT2D eigenvalue weighted by molar-refractivity contribution is 6.30. The summed E-state index contributed by atoms with van der Waals surface area (Å²) in [5.41, 5.74) is 2.60. The number of rotatable bonds is 2. The molecule has 0 saturated heterocycles. The van der Waals surface area contributed by atoms with E-state index in [1.165, 1.54) is 0 Å². The number of aromatic nitrogens is 2. The Kier molecular flexibility index (Phi) is 3.78. The highest BCUT2D eigenvalue weighted by Crippen LogP contribution is 2.24. The van der Waals surface area contributed by atoms with Crippen molar-refractivity contribution in [3.8, 4) is 22.5 Å². The van der Waals surface area contributed by atoms with Crippen molar-refractivity contribution in [3.63, 3.8) is 0 Å². The smallest absolute Gasteiger partial charge is 0.305 e. The molecule has 3 aromatic rings. The van der Waals surface area contributed by atoms with Crippen LogP contribution in [0.5, 0.6) is 0 Å². The number of aromatic amines is 1. The van der Waals surface area contributed by atoms with E-state index in [1.807, 2.05) is 30.3 Å². The second-order valence-corrected chi connectivity index (χ2v) is 5.37. The maximum atomic E-state index is 11.8. The predicted octanol–water partition coefficient (Wildman–Crippen LogP) is 4.41. The van der Waals surface area contributed by atoms with Crippen LogP contribution in [0.25, 0.3) is 22.5 Å². The van der Waals surface area contributed by atoms with Gasteiger partial charge < -0.3 is 4.98 Å². The van der Waals surface area contributed by atoms with Crippen molar-refractivity contribution < 1.29 is 0 Å². The third-order valence-corrected chi connectivity index (χ3v) is 3.54. The molecule has 1 N–H and O–H groups in total. The number of benzene rings is 2. The van der Waals surface area contributed by atoms with Gasteiger partial charge in [0.1, 0.15) is 0 Å². The van der Waals surface area contributed by atoms with Crippen molar-refractivity contribution in [3.05, 3.63) is 75.1 Å². The zero-order valence-corrected chi connectivity index (χ0v) is 12.3. The molecule has 1 aromatic heterocycles. The minimum atomic E-state index is -0.396. The van der Waals surface area contributed by atoms with Gasteiger partial charge in [-0.2, -0.15) is 4.98 Å². The van der Waals surface area contributed by atoms with Gasteiger partial charge in [-0.05, 0) is 35.9 Å². The van der Waals surface area contributed by atoms with Crippen LogP contribution < -0.4 is 5.69 Å². The maximum absolute atomic E-state index is 11.8. The van der Waals surface area contributed by atoms with Crippen LogP contribution in [0.3, 0.4) is 0 Å². The molecule has 3 nitrogen and oxygen atoms in total. The third-order valence-electron chi connectivity index (χ3n) is 3.04. The zero-order chi connectivity index (χ0) is 14.8. The van der Waals surface area contributed by atoms with Gasteiger partial charge >= 0.3 is 5.69 Å². The average Bonchev–Trinajstić information content (AvgIpc) is 2.48. The number of hydrogen-bond donors (Lipinski definition) is 1.